The highest BCUT2D eigenvalue weighted by atomic mass is 16.5. The van der Waals surface area contributed by atoms with Crippen molar-refractivity contribution in [1.29, 1.82) is 0 Å². The second-order valence-corrected chi connectivity index (χ2v) is 5.30. The Hall–Kier alpha value is -2.38. The molecule has 22 heavy (non-hydrogen) atoms. The van der Waals surface area contributed by atoms with Crippen LogP contribution in [-0.2, 0) is 11.8 Å². The molecule has 0 aliphatic carbocycles. The zero-order valence-corrected chi connectivity index (χ0v) is 12.7. The van der Waals surface area contributed by atoms with Gasteiger partial charge in [-0.1, -0.05) is 10.2 Å². The second-order valence-electron chi connectivity index (χ2n) is 5.30. The molecule has 0 radical (unpaired) electrons. The van der Waals surface area contributed by atoms with Crippen molar-refractivity contribution in [1.82, 2.24) is 19.7 Å². The Bertz CT molecular complexity index is 642. The van der Waals surface area contributed by atoms with E-state index in [-0.39, 0.29) is 12.5 Å². The first-order chi connectivity index (χ1) is 10.7. The molecule has 3 heterocycles. The van der Waals surface area contributed by atoms with Crippen molar-refractivity contribution in [3.05, 3.63) is 24.1 Å². The predicted octanol–water partition coefficient (Wildman–Crippen LogP) is 1.36. The smallest absolute Gasteiger partial charge is 0.396 e. The number of esters is 1. The minimum Gasteiger partial charge on any atom is -0.459 e. The molecular formula is C14H19N5O3. The lowest BCUT2D eigenvalue weighted by Gasteiger charge is -2.30. The molecule has 0 aromatic carbocycles. The third-order valence-corrected chi connectivity index (χ3v) is 3.90. The molecule has 8 heteroatoms. The van der Waals surface area contributed by atoms with Crippen LogP contribution in [0.3, 0.4) is 0 Å². The van der Waals surface area contributed by atoms with E-state index in [1.165, 1.54) is 5.69 Å². The maximum atomic E-state index is 11.5. The normalized spacial score (nSPS) is 16.0. The number of carbonyl (C=O) groups is 1. The molecule has 2 aromatic heterocycles. The van der Waals surface area contributed by atoms with E-state index in [0.29, 0.717) is 11.9 Å². The van der Waals surface area contributed by atoms with Crippen LogP contribution in [0.4, 0.5) is 6.01 Å². The van der Waals surface area contributed by atoms with Gasteiger partial charge in [0.1, 0.15) is 0 Å². The third-order valence-electron chi connectivity index (χ3n) is 3.90. The Balaban J connectivity index is 1.62. The summed E-state index contributed by atoms with van der Waals surface area (Å²) in [6, 6.07) is 0.381. The van der Waals surface area contributed by atoms with Gasteiger partial charge in [0.15, 0.2) is 0 Å². The number of hydrogen-bond donors (Lipinski definition) is 0. The van der Waals surface area contributed by atoms with E-state index in [1.807, 2.05) is 24.5 Å². The van der Waals surface area contributed by atoms with Crippen LogP contribution in [0.25, 0.3) is 0 Å². The monoisotopic (exact) mass is 305 g/mol. The quantitative estimate of drug-likeness (QED) is 0.788. The SMILES string of the molecule is CCOC(=O)c1nnc(N2CCC(c3cncn3C)CC2)o1. The molecule has 1 aliphatic rings. The lowest BCUT2D eigenvalue weighted by Crippen LogP contribution is -2.33. The lowest BCUT2D eigenvalue weighted by atomic mass is 9.94. The minimum atomic E-state index is -0.578. The molecule has 1 fully saturated rings. The van der Waals surface area contributed by atoms with Crippen LogP contribution < -0.4 is 4.90 Å². The predicted molar refractivity (Wildman–Crippen MR) is 77.7 cm³/mol. The molecule has 0 spiro atoms. The average Bonchev–Trinajstić information content (AvgIpc) is 3.17. The number of nitrogens with zero attached hydrogens (tertiary/aromatic N) is 5. The number of aromatic nitrogens is 4. The molecule has 0 saturated carbocycles. The van der Waals surface area contributed by atoms with Crippen LogP contribution >= 0.6 is 0 Å². The summed E-state index contributed by atoms with van der Waals surface area (Å²) < 4.78 is 12.3. The van der Waals surface area contributed by atoms with Crippen LogP contribution in [0.15, 0.2) is 16.9 Å². The number of anilines is 1. The van der Waals surface area contributed by atoms with E-state index < -0.39 is 5.97 Å². The Morgan fingerprint density at radius 1 is 1.41 bits per heavy atom. The van der Waals surface area contributed by atoms with Gasteiger partial charge in [-0.3, -0.25) is 0 Å². The van der Waals surface area contributed by atoms with Crippen LogP contribution in [0.1, 0.15) is 42.1 Å². The topological polar surface area (TPSA) is 86.3 Å². The highest BCUT2D eigenvalue weighted by Gasteiger charge is 2.26. The minimum absolute atomic E-state index is 0.0920. The first kappa shape index (κ1) is 14.6. The van der Waals surface area contributed by atoms with Gasteiger partial charge in [0.05, 0.1) is 12.9 Å². The van der Waals surface area contributed by atoms with Crippen molar-refractivity contribution in [3.8, 4) is 0 Å². The Morgan fingerprint density at radius 3 is 2.82 bits per heavy atom. The maximum absolute atomic E-state index is 11.5. The molecule has 0 amide bonds. The zero-order chi connectivity index (χ0) is 15.5. The molecule has 0 bridgehead atoms. The van der Waals surface area contributed by atoms with Crippen molar-refractivity contribution in [2.45, 2.75) is 25.7 Å². The number of ether oxygens (including phenoxy) is 1. The lowest BCUT2D eigenvalue weighted by molar-refractivity contribution is 0.0481. The first-order valence-electron chi connectivity index (χ1n) is 7.40. The molecule has 8 nitrogen and oxygen atoms in total. The summed E-state index contributed by atoms with van der Waals surface area (Å²) in [5.41, 5.74) is 1.25. The summed E-state index contributed by atoms with van der Waals surface area (Å²) in [5.74, 6) is -0.187. The van der Waals surface area contributed by atoms with Crippen LogP contribution in [0.5, 0.6) is 0 Å². The van der Waals surface area contributed by atoms with Gasteiger partial charge >= 0.3 is 17.9 Å². The summed E-state index contributed by atoms with van der Waals surface area (Å²) in [6.45, 7) is 3.63. The van der Waals surface area contributed by atoms with Gasteiger partial charge in [-0.05, 0) is 19.8 Å². The average molecular weight is 305 g/mol. The molecule has 0 N–H and O–H groups in total. The number of carbonyl (C=O) groups excluding carboxylic acids is 1. The molecule has 118 valence electrons. The highest BCUT2D eigenvalue weighted by Crippen LogP contribution is 2.29. The zero-order valence-electron chi connectivity index (χ0n) is 12.7. The van der Waals surface area contributed by atoms with Gasteiger partial charge in [0.25, 0.3) is 0 Å². The Kier molecular flexibility index (Phi) is 4.08. The molecule has 1 aliphatic heterocycles. The molecule has 3 rings (SSSR count). The first-order valence-corrected chi connectivity index (χ1v) is 7.40. The molecule has 1 saturated heterocycles. The van der Waals surface area contributed by atoms with E-state index >= 15 is 0 Å². The summed E-state index contributed by atoms with van der Waals surface area (Å²) >= 11 is 0. The van der Waals surface area contributed by atoms with Crippen LogP contribution in [0.2, 0.25) is 0 Å². The number of piperidine rings is 1. The van der Waals surface area contributed by atoms with Crippen molar-refractivity contribution >= 4 is 12.0 Å². The molecule has 0 unspecified atom stereocenters. The standard InChI is InChI=1S/C14H19N5O3/c1-3-21-13(20)12-16-17-14(22-12)19-6-4-10(5-7-19)11-8-15-9-18(11)2/h8-10H,3-7H2,1-2H3. The number of aryl methyl sites for hydroxylation is 1. The molecule has 0 atom stereocenters. The van der Waals surface area contributed by atoms with Crippen molar-refractivity contribution < 1.29 is 13.9 Å². The van der Waals surface area contributed by atoms with Gasteiger partial charge in [-0.25, -0.2) is 9.78 Å². The summed E-state index contributed by atoms with van der Waals surface area (Å²) in [6.07, 6.45) is 5.71. The van der Waals surface area contributed by atoms with E-state index in [1.54, 1.807) is 6.92 Å². The van der Waals surface area contributed by atoms with Crippen molar-refractivity contribution in [2.75, 3.05) is 24.6 Å². The number of imidazole rings is 1. The fraction of sp³-hybridized carbons (Fsp3) is 0.571. The van der Waals surface area contributed by atoms with Gasteiger partial charge in [-0.15, -0.1) is 0 Å². The molecule has 2 aromatic rings. The van der Waals surface area contributed by atoms with E-state index in [2.05, 4.69) is 19.7 Å². The van der Waals surface area contributed by atoms with Crippen molar-refractivity contribution in [2.24, 2.45) is 7.05 Å². The van der Waals surface area contributed by atoms with Crippen LogP contribution in [-0.4, -0.2) is 45.4 Å². The van der Waals surface area contributed by atoms with Crippen LogP contribution in [0, 0.1) is 0 Å². The van der Waals surface area contributed by atoms with E-state index in [9.17, 15) is 4.79 Å². The highest BCUT2D eigenvalue weighted by molar-refractivity contribution is 5.84. The Labute approximate surface area is 128 Å². The van der Waals surface area contributed by atoms with Crippen molar-refractivity contribution in [3.63, 3.8) is 0 Å². The maximum Gasteiger partial charge on any atom is 0.396 e. The van der Waals surface area contributed by atoms with E-state index in [0.717, 1.165) is 25.9 Å². The van der Waals surface area contributed by atoms with Gasteiger partial charge in [-0.2, -0.15) is 0 Å². The third kappa shape index (κ3) is 2.81. The van der Waals surface area contributed by atoms with Gasteiger partial charge in [0.2, 0.25) is 0 Å². The van der Waals surface area contributed by atoms with Gasteiger partial charge in [0, 0.05) is 37.9 Å². The fourth-order valence-corrected chi connectivity index (χ4v) is 2.75. The Morgan fingerprint density at radius 2 is 2.18 bits per heavy atom. The second kappa shape index (κ2) is 6.17. The molecular weight excluding hydrogens is 286 g/mol. The van der Waals surface area contributed by atoms with Gasteiger partial charge < -0.3 is 18.6 Å². The summed E-state index contributed by atoms with van der Waals surface area (Å²) in [5, 5.41) is 7.69. The number of rotatable bonds is 4. The fourth-order valence-electron chi connectivity index (χ4n) is 2.75. The summed E-state index contributed by atoms with van der Waals surface area (Å²) in [4.78, 5) is 17.7. The largest absolute Gasteiger partial charge is 0.459 e. The number of hydrogen-bond acceptors (Lipinski definition) is 7. The van der Waals surface area contributed by atoms with E-state index in [4.69, 9.17) is 9.15 Å². The summed E-state index contributed by atoms with van der Waals surface area (Å²) in [7, 11) is 2.01.